The van der Waals surface area contributed by atoms with Crippen LogP contribution in [-0.4, -0.2) is 22.3 Å². The molecule has 0 atom stereocenters. The molecule has 21 heavy (non-hydrogen) atoms. The number of aliphatic imine (C=N–C) groups is 1. The molecule has 0 aromatic carbocycles. The third kappa shape index (κ3) is 4.99. The Morgan fingerprint density at radius 3 is 2.81 bits per heavy atom. The molecule has 0 radical (unpaired) electrons. The van der Waals surface area contributed by atoms with Crippen LogP contribution in [0.4, 0.5) is 0 Å². The van der Waals surface area contributed by atoms with Gasteiger partial charge in [0.15, 0.2) is 5.96 Å². The Morgan fingerprint density at radius 1 is 1.48 bits per heavy atom. The van der Waals surface area contributed by atoms with Crippen molar-refractivity contribution in [3.05, 3.63) is 39.3 Å². The van der Waals surface area contributed by atoms with Crippen LogP contribution < -0.4 is 11.1 Å². The number of hydrogen-bond donors (Lipinski definition) is 2. The van der Waals surface area contributed by atoms with E-state index in [-0.39, 0.29) is 24.0 Å². The van der Waals surface area contributed by atoms with E-state index in [9.17, 15) is 0 Å². The molecule has 0 aliphatic heterocycles. The Bertz CT molecular complexity index is 589. The molecule has 0 fully saturated rings. The van der Waals surface area contributed by atoms with Crippen molar-refractivity contribution in [3.8, 4) is 0 Å². The lowest BCUT2D eigenvalue weighted by atomic mass is 10.2. The van der Waals surface area contributed by atoms with E-state index in [1.54, 1.807) is 11.3 Å². The van der Waals surface area contributed by atoms with Gasteiger partial charge in [-0.3, -0.25) is 4.68 Å². The van der Waals surface area contributed by atoms with Crippen molar-refractivity contribution in [3.63, 3.8) is 0 Å². The molecule has 0 aliphatic carbocycles. The van der Waals surface area contributed by atoms with Gasteiger partial charge in [0.1, 0.15) is 0 Å². The summed E-state index contributed by atoms with van der Waals surface area (Å²) in [5.74, 6) is 0.490. The highest BCUT2D eigenvalue weighted by atomic mass is 127. The monoisotopic (exact) mass is 419 g/mol. The van der Waals surface area contributed by atoms with Crippen molar-refractivity contribution >= 4 is 41.3 Å². The fourth-order valence-electron chi connectivity index (χ4n) is 2.04. The first kappa shape index (κ1) is 18.0. The predicted octanol–water partition coefficient (Wildman–Crippen LogP) is 2.36. The van der Waals surface area contributed by atoms with Crippen LogP contribution in [0.15, 0.2) is 22.5 Å². The van der Waals surface area contributed by atoms with Gasteiger partial charge in [-0.2, -0.15) is 5.10 Å². The lowest BCUT2D eigenvalue weighted by molar-refractivity contribution is 0.730. The Labute approximate surface area is 146 Å². The lowest BCUT2D eigenvalue weighted by Crippen LogP contribution is -2.33. The average molecular weight is 419 g/mol. The summed E-state index contributed by atoms with van der Waals surface area (Å²) < 4.78 is 1.88. The molecule has 116 valence electrons. The van der Waals surface area contributed by atoms with E-state index in [1.165, 1.54) is 4.88 Å². The molecule has 5 nitrogen and oxygen atoms in total. The molecule has 0 saturated carbocycles. The van der Waals surface area contributed by atoms with E-state index in [0.717, 1.165) is 29.9 Å². The minimum absolute atomic E-state index is 0. The zero-order chi connectivity index (χ0) is 14.5. The molecule has 0 bridgehead atoms. The summed E-state index contributed by atoms with van der Waals surface area (Å²) in [6.45, 7) is 5.42. The van der Waals surface area contributed by atoms with Crippen molar-refractivity contribution in [2.24, 2.45) is 17.8 Å². The molecular formula is C14H22IN5S. The van der Waals surface area contributed by atoms with E-state index >= 15 is 0 Å². The Hall–Kier alpha value is -1.09. The summed E-state index contributed by atoms with van der Waals surface area (Å²) in [7, 11) is 1.94. The number of aryl methyl sites for hydroxylation is 2. The number of halogens is 1. The second kappa shape index (κ2) is 8.38. The average Bonchev–Trinajstić information content (AvgIpc) is 2.98. The number of nitrogens with one attached hydrogen (secondary N) is 1. The molecule has 2 heterocycles. The van der Waals surface area contributed by atoms with Crippen LogP contribution in [0.5, 0.6) is 0 Å². The van der Waals surface area contributed by atoms with Gasteiger partial charge in [0, 0.05) is 29.7 Å². The topological polar surface area (TPSA) is 68.2 Å². The van der Waals surface area contributed by atoms with Crippen LogP contribution in [0, 0.1) is 13.8 Å². The number of thiophene rings is 1. The maximum Gasteiger partial charge on any atom is 0.188 e. The zero-order valence-corrected chi connectivity index (χ0v) is 15.7. The molecular weight excluding hydrogens is 397 g/mol. The summed E-state index contributed by atoms with van der Waals surface area (Å²) in [5, 5.41) is 9.60. The maximum atomic E-state index is 5.88. The highest BCUT2D eigenvalue weighted by molar-refractivity contribution is 14.0. The second-order valence-corrected chi connectivity index (χ2v) is 5.76. The van der Waals surface area contributed by atoms with Crippen molar-refractivity contribution < 1.29 is 0 Å². The first-order valence-electron chi connectivity index (χ1n) is 6.63. The normalized spacial score (nSPS) is 11.3. The first-order chi connectivity index (χ1) is 9.58. The zero-order valence-electron chi connectivity index (χ0n) is 12.6. The molecule has 0 spiro atoms. The summed E-state index contributed by atoms with van der Waals surface area (Å²) in [5.41, 5.74) is 9.18. The SMILES string of the molecule is Cc1nn(C)c(C)c1CN=C(N)NCCc1cccs1.I. The summed E-state index contributed by atoms with van der Waals surface area (Å²) in [6.07, 6.45) is 0.971. The standard InChI is InChI=1S/C14H21N5S.HI/c1-10-13(11(2)19(3)18-10)9-17-14(15)16-7-6-12-5-4-8-20-12;/h4-5,8H,6-7,9H2,1-3H3,(H3,15,16,17);1H. The highest BCUT2D eigenvalue weighted by Crippen LogP contribution is 2.12. The number of rotatable bonds is 5. The molecule has 0 aliphatic rings. The van der Waals surface area contributed by atoms with Gasteiger partial charge in [-0.05, 0) is 31.7 Å². The van der Waals surface area contributed by atoms with Gasteiger partial charge >= 0.3 is 0 Å². The quantitative estimate of drug-likeness (QED) is 0.444. The molecule has 0 saturated heterocycles. The lowest BCUT2D eigenvalue weighted by Gasteiger charge is -2.05. The number of nitrogens with two attached hydrogens (primary N) is 1. The Morgan fingerprint density at radius 2 is 2.24 bits per heavy atom. The van der Waals surface area contributed by atoms with Crippen LogP contribution in [-0.2, 0) is 20.0 Å². The number of nitrogens with zero attached hydrogens (tertiary/aromatic N) is 3. The van der Waals surface area contributed by atoms with E-state index < -0.39 is 0 Å². The van der Waals surface area contributed by atoms with Crippen LogP contribution in [0.2, 0.25) is 0 Å². The Kier molecular flexibility index (Phi) is 7.16. The van der Waals surface area contributed by atoms with Crippen LogP contribution >= 0.6 is 35.3 Å². The van der Waals surface area contributed by atoms with Gasteiger partial charge in [0.05, 0.1) is 12.2 Å². The van der Waals surface area contributed by atoms with Crippen molar-refractivity contribution in [2.75, 3.05) is 6.54 Å². The van der Waals surface area contributed by atoms with E-state index in [4.69, 9.17) is 5.73 Å². The second-order valence-electron chi connectivity index (χ2n) is 4.73. The fourth-order valence-corrected chi connectivity index (χ4v) is 2.74. The third-order valence-corrected chi connectivity index (χ3v) is 4.26. The smallest absolute Gasteiger partial charge is 0.188 e. The van der Waals surface area contributed by atoms with Crippen LogP contribution in [0.3, 0.4) is 0 Å². The van der Waals surface area contributed by atoms with Crippen molar-refractivity contribution in [1.82, 2.24) is 15.1 Å². The Balaban J connectivity index is 0.00000220. The molecule has 2 aromatic rings. The number of guanidine groups is 1. The molecule has 2 rings (SSSR count). The summed E-state index contributed by atoms with van der Waals surface area (Å²) >= 11 is 1.76. The number of hydrogen-bond acceptors (Lipinski definition) is 3. The molecule has 0 amide bonds. The van der Waals surface area contributed by atoms with Crippen LogP contribution in [0.1, 0.15) is 21.8 Å². The van der Waals surface area contributed by atoms with Crippen molar-refractivity contribution in [2.45, 2.75) is 26.8 Å². The fraction of sp³-hybridized carbons (Fsp3) is 0.429. The van der Waals surface area contributed by atoms with Crippen LogP contribution in [0.25, 0.3) is 0 Å². The van der Waals surface area contributed by atoms with Gasteiger partial charge in [-0.25, -0.2) is 4.99 Å². The van der Waals surface area contributed by atoms with Gasteiger partial charge < -0.3 is 11.1 Å². The van der Waals surface area contributed by atoms with Gasteiger partial charge in [-0.15, -0.1) is 35.3 Å². The maximum absolute atomic E-state index is 5.88. The van der Waals surface area contributed by atoms with Gasteiger partial charge in [0.25, 0.3) is 0 Å². The number of aromatic nitrogens is 2. The molecule has 7 heteroatoms. The minimum Gasteiger partial charge on any atom is -0.370 e. The third-order valence-electron chi connectivity index (χ3n) is 3.32. The highest BCUT2D eigenvalue weighted by Gasteiger charge is 2.08. The predicted molar refractivity (Wildman–Crippen MR) is 99.4 cm³/mol. The summed E-state index contributed by atoms with van der Waals surface area (Å²) in [6, 6.07) is 4.19. The molecule has 2 aromatic heterocycles. The van der Waals surface area contributed by atoms with E-state index in [2.05, 4.69) is 32.9 Å². The summed E-state index contributed by atoms with van der Waals surface area (Å²) in [4.78, 5) is 5.73. The minimum atomic E-state index is 0. The van der Waals surface area contributed by atoms with E-state index in [1.807, 2.05) is 25.6 Å². The van der Waals surface area contributed by atoms with Crippen molar-refractivity contribution in [1.29, 1.82) is 0 Å². The first-order valence-corrected chi connectivity index (χ1v) is 7.51. The van der Waals surface area contributed by atoms with Gasteiger partial charge in [-0.1, -0.05) is 6.07 Å². The molecule has 0 unspecified atom stereocenters. The van der Waals surface area contributed by atoms with Gasteiger partial charge in [0.2, 0.25) is 0 Å². The largest absolute Gasteiger partial charge is 0.370 e. The van der Waals surface area contributed by atoms with E-state index in [0.29, 0.717) is 12.5 Å². The molecule has 3 N–H and O–H groups in total.